The van der Waals surface area contributed by atoms with E-state index >= 15 is 0 Å². The fourth-order valence-electron chi connectivity index (χ4n) is 2.14. The number of hydrogen-bond donors (Lipinski definition) is 1. The van der Waals surface area contributed by atoms with Crippen LogP contribution in [0.4, 0.5) is 10.1 Å². The molecule has 0 bridgehead atoms. The molecule has 1 fully saturated rings. The molecule has 0 atom stereocenters. The van der Waals surface area contributed by atoms with Crippen LogP contribution in [-0.2, 0) is 10.8 Å². The molecular weight excluding hydrogens is 279 g/mol. The maximum Gasteiger partial charge on any atom is 0.256 e. The minimum Gasteiger partial charge on any atom is -0.382 e. The zero-order chi connectivity index (χ0) is 14.5. The van der Waals surface area contributed by atoms with E-state index < -0.39 is 16.6 Å². The molecule has 0 spiro atoms. The number of benzene rings is 1. The third-order valence-electron chi connectivity index (χ3n) is 3.26. The first-order valence-electron chi connectivity index (χ1n) is 6.80. The Morgan fingerprint density at radius 2 is 2.10 bits per heavy atom. The summed E-state index contributed by atoms with van der Waals surface area (Å²) in [5, 5.41) is 2.98. The molecule has 110 valence electrons. The van der Waals surface area contributed by atoms with Crippen LogP contribution < -0.4 is 5.32 Å². The molecule has 20 heavy (non-hydrogen) atoms. The van der Waals surface area contributed by atoms with Gasteiger partial charge < -0.3 is 10.2 Å². The number of carbonyl (C=O) groups is 1. The number of amides is 1. The van der Waals surface area contributed by atoms with E-state index in [9.17, 15) is 13.4 Å². The number of halogens is 1. The Hall–Kier alpha value is -1.43. The molecule has 0 unspecified atom stereocenters. The minimum absolute atomic E-state index is 0.195. The SMILES string of the molecule is CCCNc1c(F)cccc1C(=O)N1CCS(=O)CC1. The molecule has 0 radical (unpaired) electrons. The molecule has 0 aromatic heterocycles. The fourth-order valence-corrected chi connectivity index (χ4v) is 3.20. The molecule has 1 N–H and O–H groups in total. The lowest BCUT2D eigenvalue weighted by atomic mass is 10.1. The third kappa shape index (κ3) is 3.36. The lowest BCUT2D eigenvalue weighted by molar-refractivity contribution is 0.0772. The first kappa shape index (κ1) is 15.0. The van der Waals surface area contributed by atoms with E-state index in [2.05, 4.69) is 5.32 Å². The summed E-state index contributed by atoms with van der Waals surface area (Å²) < 4.78 is 25.2. The average molecular weight is 298 g/mol. The highest BCUT2D eigenvalue weighted by molar-refractivity contribution is 7.85. The summed E-state index contributed by atoms with van der Waals surface area (Å²) in [6, 6.07) is 4.52. The third-order valence-corrected chi connectivity index (χ3v) is 4.54. The van der Waals surface area contributed by atoms with Gasteiger partial charge in [0.15, 0.2) is 0 Å². The first-order chi connectivity index (χ1) is 9.63. The van der Waals surface area contributed by atoms with Gasteiger partial charge in [0.25, 0.3) is 5.91 Å². The van der Waals surface area contributed by atoms with Gasteiger partial charge in [-0.25, -0.2) is 4.39 Å². The number of para-hydroxylation sites is 1. The van der Waals surface area contributed by atoms with Crippen molar-refractivity contribution in [3.05, 3.63) is 29.6 Å². The van der Waals surface area contributed by atoms with Crippen molar-refractivity contribution in [2.45, 2.75) is 13.3 Å². The van der Waals surface area contributed by atoms with Crippen molar-refractivity contribution in [1.29, 1.82) is 0 Å². The second-order valence-corrected chi connectivity index (χ2v) is 6.43. The Labute approximate surface area is 120 Å². The number of anilines is 1. The van der Waals surface area contributed by atoms with Crippen molar-refractivity contribution < 1.29 is 13.4 Å². The van der Waals surface area contributed by atoms with Gasteiger partial charge in [-0.05, 0) is 18.6 Å². The van der Waals surface area contributed by atoms with Crippen LogP contribution in [-0.4, -0.2) is 46.2 Å². The van der Waals surface area contributed by atoms with Crippen LogP contribution in [0, 0.1) is 5.82 Å². The van der Waals surface area contributed by atoms with Crippen LogP contribution in [0.5, 0.6) is 0 Å². The van der Waals surface area contributed by atoms with Gasteiger partial charge in [0.05, 0.1) is 11.3 Å². The van der Waals surface area contributed by atoms with Crippen LogP contribution in [0.3, 0.4) is 0 Å². The Kier molecular flexibility index (Phi) is 5.11. The summed E-state index contributed by atoms with van der Waals surface area (Å²) in [6.45, 7) is 3.53. The minimum atomic E-state index is -0.832. The normalized spacial score (nSPS) is 16.2. The van der Waals surface area contributed by atoms with Crippen LogP contribution in [0.15, 0.2) is 18.2 Å². The van der Waals surface area contributed by atoms with E-state index in [1.807, 2.05) is 6.92 Å². The maximum absolute atomic E-state index is 13.9. The summed E-state index contributed by atoms with van der Waals surface area (Å²) in [4.78, 5) is 14.1. The molecule has 4 nitrogen and oxygen atoms in total. The second kappa shape index (κ2) is 6.83. The summed E-state index contributed by atoms with van der Waals surface area (Å²) in [5.74, 6) is 0.391. The monoisotopic (exact) mass is 298 g/mol. The van der Waals surface area contributed by atoms with Crippen molar-refractivity contribution in [2.75, 3.05) is 36.5 Å². The van der Waals surface area contributed by atoms with Crippen molar-refractivity contribution in [3.63, 3.8) is 0 Å². The summed E-state index contributed by atoms with van der Waals surface area (Å²) in [7, 11) is -0.832. The van der Waals surface area contributed by atoms with Crippen molar-refractivity contribution in [2.24, 2.45) is 0 Å². The molecule has 0 saturated carbocycles. The Balaban J connectivity index is 2.20. The zero-order valence-electron chi connectivity index (χ0n) is 11.5. The number of carbonyl (C=O) groups excluding carboxylic acids is 1. The highest BCUT2D eigenvalue weighted by atomic mass is 32.2. The Bertz CT molecular complexity index is 512. The highest BCUT2D eigenvalue weighted by Gasteiger charge is 2.24. The van der Waals surface area contributed by atoms with Gasteiger partial charge in [-0.15, -0.1) is 0 Å². The van der Waals surface area contributed by atoms with E-state index in [4.69, 9.17) is 0 Å². The standard InChI is InChI=1S/C14H19FN2O2S/c1-2-6-16-13-11(4-3-5-12(13)15)14(18)17-7-9-20(19)10-8-17/h3-5,16H,2,6-10H2,1H3. The smallest absolute Gasteiger partial charge is 0.256 e. The quantitative estimate of drug-likeness (QED) is 0.923. The summed E-state index contributed by atoms with van der Waals surface area (Å²) >= 11 is 0. The average Bonchev–Trinajstić information content (AvgIpc) is 2.46. The lowest BCUT2D eigenvalue weighted by Crippen LogP contribution is -2.42. The summed E-state index contributed by atoms with van der Waals surface area (Å²) in [5.41, 5.74) is 0.622. The molecule has 1 aromatic carbocycles. The Morgan fingerprint density at radius 3 is 2.75 bits per heavy atom. The molecule has 1 aliphatic heterocycles. The van der Waals surface area contributed by atoms with Crippen LogP contribution >= 0.6 is 0 Å². The Morgan fingerprint density at radius 1 is 1.40 bits per heavy atom. The number of nitrogens with zero attached hydrogens (tertiary/aromatic N) is 1. The summed E-state index contributed by atoms with van der Waals surface area (Å²) in [6.07, 6.45) is 0.852. The second-order valence-electron chi connectivity index (χ2n) is 4.73. The van der Waals surface area contributed by atoms with Gasteiger partial charge >= 0.3 is 0 Å². The molecule has 6 heteroatoms. The predicted molar refractivity (Wildman–Crippen MR) is 79.0 cm³/mol. The van der Waals surface area contributed by atoms with E-state index in [-0.39, 0.29) is 11.6 Å². The van der Waals surface area contributed by atoms with Crippen molar-refractivity contribution in [3.8, 4) is 0 Å². The van der Waals surface area contributed by atoms with Crippen molar-refractivity contribution in [1.82, 2.24) is 4.90 Å². The lowest BCUT2D eigenvalue weighted by Gasteiger charge is -2.27. The number of hydrogen-bond acceptors (Lipinski definition) is 3. The van der Waals surface area contributed by atoms with Crippen molar-refractivity contribution >= 4 is 22.4 Å². The van der Waals surface area contributed by atoms with Gasteiger partial charge in [-0.3, -0.25) is 9.00 Å². The topological polar surface area (TPSA) is 49.4 Å². The molecule has 1 aromatic rings. The van der Waals surface area contributed by atoms with E-state index in [0.717, 1.165) is 6.42 Å². The molecule has 2 rings (SSSR count). The maximum atomic E-state index is 13.9. The number of rotatable bonds is 4. The predicted octanol–water partition coefficient (Wildman–Crippen LogP) is 1.85. The molecule has 1 amide bonds. The molecular formula is C14H19FN2O2S. The van der Waals surface area contributed by atoms with E-state index in [0.29, 0.717) is 36.7 Å². The number of nitrogens with one attached hydrogen (secondary N) is 1. The first-order valence-corrected chi connectivity index (χ1v) is 8.29. The van der Waals surface area contributed by atoms with E-state index in [1.165, 1.54) is 6.07 Å². The van der Waals surface area contributed by atoms with Crippen LogP contribution in [0.25, 0.3) is 0 Å². The van der Waals surface area contributed by atoms with Gasteiger partial charge in [0.2, 0.25) is 0 Å². The largest absolute Gasteiger partial charge is 0.382 e. The molecule has 1 saturated heterocycles. The zero-order valence-corrected chi connectivity index (χ0v) is 12.3. The fraction of sp³-hybridized carbons (Fsp3) is 0.500. The molecule has 1 aliphatic rings. The van der Waals surface area contributed by atoms with Gasteiger partial charge in [0, 0.05) is 41.9 Å². The van der Waals surface area contributed by atoms with E-state index in [1.54, 1.807) is 17.0 Å². The van der Waals surface area contributed by atoms with Gasteiger partial charge in [0.1, 0.15) is 5.82 Å². The van der Waals surface area contributed by atoms with Gasteiger partial charge in [-0.1, -0.05) is 13.0 Å². The molecule has 1 heterocycles. The van der Waals surface area contributed by atoms with Crippen LogP contribution in [0.1, 0.15) is 23.7 Å². The highest BCUT2D eigenvalue weighted by Crippen LogP contribution is 2.22. The molecule has 0 aliphatic carbocycles. The van der Waals surface area contributed by atoms with Gasteiger partial charge in [-0.2, -0.15) is 0 Å². The van der Waals surface area contributed by atoms with Crippen LogP contribution in [0.2, 0.25) is 0 Å².